The van der Waals surface area contributed by atoms with Crippen LogP contribution in [0.5, 0.6) is 0 Å². The van der Waals surface area contributed by atoms with Crippen molar-refractivity contribution in [3.05, 3.63) is 38.9 Å². The van der Waals surface area contributed by atoms with Crippen LogP contribution in [0, 0.1) is 21.4 Å². The Hall–Kier alpha value is -1.64. The van der Waals surface area contributed by atoms with E-state index in [9.17, 15) is 10.1 Å². The molecular formula is C12H14ClN3O2. The summed E-state index contributed by atoms with van der Waals surface area (Å²) in [4.78, 5) is 12.4. The first-order valence-electron chi connectivity index (χ1n) is 5.45. The molecule has 0 spiro atoms. The summed E-state index contributed by atoms with van der Waals surface area (Å²) in [5.74, 6) is 0. The maximum atomic E-state index is 10.9. The maximum absolute atomic E-state index is 10.9. The summed E-state index contributed by atoms with van der Waals surface area (Å²) in [5.41, 5.74) is 0.607. The Kier molecular flexibility index (Phi) is 5.08. The molecule has 0 amide bonds. The molecule has 0 bridgehead atoms. The molecule has 0 aliphatic carbocycles. The van der Waals surface area contributed by atoms with Crippen molar-refractivity contribution in [1.82, 2.24) is 4.90 Å². The number of nitrogens with zero attached hydrogens (tertiary/aromatic N) is 3. The monoisotopic (exact) mass is 267 g/mol. The molecule has 5 nitrogen and oxygen atoms in total. The van der Waals surface area contributed by atoms with Crippen LogP contribution in [-0.4, -0.2) is 22.9 Å². The normalized spacial score (nSPS) is 12.2. The van der Waals surface area contributed by atoms with E-state index in [0.717, 1.165) is 0 Å². The molecule has 0 aromatic heterocycles. The van der Waals surface area contributed by atoms with E-state index in [0.29, 0.717) is 23.6 Å². The van der Waals surface area contributed by atoms with Crippen LogP contribution in [0.4, 0.5) is 5.69 Å². The second-order valence-corrected chi connectivity index (χ2v) is 4.59. The molecular weight excluding hydrogens is 254 g/mol. The van der Waals surface area contributed by atoms with Crippen LogP contribution >= 0.6 is 11.6 Å². The van der Waals surface area contributed by atoms with Gasteiger partial charge in [-0.25, -0.2) is 0 Å². The summed E-state index contributed by atoms with van der Waals surface area (Å²) in [6, 6.07) is 6.76. The van der Waals surface area contributed by atoms with E-state index in [-0.39, 0.29) is 11.7 Å². The van der Waals surface area contributed by atoms with E-state index in [4.69, 9.17) is 16.9 Å². The van der Waals surface area contributed by atoms with Gasteiger partial charge in [-0.05, 0) is 26.1 Å². The molecule has 0 radical (unpaired) electrons. The lowest BCUT2D eigenvalue weighted by molar-refractivity contribution is -0.385. The van der Waals surface area contributed by atoms with Crippen molar-refractivity contribution >= 4 is 17.3 Å². The molecule has 0 saturated carbocycles. The molecule has 1 unspecified atom stereocenters. The molecule has 6 heteroatoms. The molecule has 0 heterocycles. The quantitative estimate of drug-likeness (QED) is 0.607. The van der Waals surface area contributed by atoms with E-state index in [1.807, 2.05) is 18.9 Å². The van der Waals surface area contributed by atoms with Crippen LogP contribution in [0.15, 0.2) is 18.2 Å². The van der Waals surface area contributed by atoms with Crippen LogP contribution in [0.25, 0.3) is 0 Å². The average molecular weight is 268 g/mol. The summed E-state index contributed by atoms with van der Waals surface area (Å²) < 4.78 is 0. The van der Waals surface area contributed by atoms with Crippen molar-refractivity contribution < 1.29 is 4.92 Å². The lowest BCUT2D eigenvalue weighted by atomic mass is 10.1. The number of benzene rings is 1. The highest BCUT2D eigenvalue weighted by molar-refractivity contribution is 6.30. The van der Waals surface area contributed by atoms with Gasteiger partial charge in [0.05, 0.1) is 17.4 Å². The molecule has 1 aromatic carbocycles. The minimum absolute atomic E-state index is 0.0125. The number of halogens is 1. The number of hydrogen-bond acceptors (Lipinski definition) is 4. The largest absolute Gasteiger partial charge is 0.298 e. The third-order valence-corrected chi connectivity index (χ3v) is 3.04. The highest BCUT2D eigenvalue weighted by Crippen LogP contribution is 2.24. The first kappa shape index (κ1) is 14.4. The Labute approximate surface area is 111 Å². The molecule has 0 N–H and O–H groups in total. The second kappa shape index (κ2) is 6.34. The van der Waals surface area contributed by atoms with Gasteiger partial charge in [0.1, 0.15) is 0 Å². The van der Waals surface area contributed by atoms with E-state index in [2.05, 4.69) is 6.07 Å². The van der Waals surface area contributed by atoms with Crippen molar-refractivity contribution in [1.29, 1.82) is 5.26 Å². The predicted molar refractivity (Wildman–Crippen MR) is 69.3 cm³/mol. The molecule has 1 aromatic rings. The van der Waals surface area contributed by atoms with Gasteiger partial charge in [0, 0.05) is 29.2 Å². The van der Waals surface area contributed by atoms with Gasteiger partial charge in [0.15, 0.2) is 0 Å². The van der Waals surface area contributed by atoms with Gasteiger partial charge in [-0.2, -0.15) is 5.26 Å². The van der Waals surface area contributed by atoms with Gasteiger partial charge < -0.3 is 0 Å². The molecule has 1 atom stereocenters. The molecule has 0 aliphatic heterocycles. The molecule has 0 saturated heterocycles. The van der Waals surface area contributed by atoms with Crippen molar-refractivity contribution in [2.24, 2.45) is 0 Å². The van der Waals surface area contributed by atoms with E-state index < -0.39 is 4.92 Å². The SMILES string of the molecule is CC(CC#N)N(C)Cc1ccc(Cl)cc1[N+](=O)[O-]. The number of rotatable bonds is 5. The highest BCUT2D eigenvalue weighted by atomic mass is 35.5. The zero-order valence-corrected chi connectivity index (χ0v) is 11.0. The Morgan fingerprint density at radius 3 is 2.83 bits per heavy atom. The zero-order chi connectivity index (χ0) is 13.7. The number of nitriles is 1. The van der Waals surface area contributed by atoms with Gasteiger partial charge in [0.25, 0.3) is 5.69 Å². The topological polar surface area (TPSA) is 70.2 Å². The molecule has 1 rings (SSSR count). The lowest BCUT2D eigenvalue weighted by Gasteiger charge is -2.22. The summed E-state index contributed by atoms with van der Waals surface area (Å²) in [6.07, 6.45) is 0.387. The fraction of sp³-hybridized carbons (Fsp3) is 0.417. The number of hydrogen-bond donors (Lipinski definition) is 0. The van der Waals surface area contributed by atoms with Crippen LogP contribution in [-0.2, 0) is 6.54 Å². The van der Waals surface area contributed by atoms with Gasteiger partial charge in [-0.3, -0.25) is 15.0 Å². The summed E-state index contributed by atoms with van der Waals surface area (Å²) in [6.45, 7) is 2.32. The number of nitro groups is 1. The minimum atomic E-state index is -0.440. The fourth-order valence-electron chi connectivity index (χ4n) is 1.55. The Balaban J connectivity index is 2.91. The summed E-state index contributed by atoms with van der Waals surface area (Å²) >= 11 is 5.75. The second-order valence-electron chi connectivity index (χ2n) is 4.16. The molecule has 0 fully saturated rings. The maximum Gasteiger partial charge on any atom is 0.275 e. The highest BCUT2D eigenvalue weighted by Gasteiger charge is 2.17. The van der Waals surface area contributed by atoms with Crippen LogP contribution in [0.1, 0.15) is 18.9 Å². The lowest BCUT2D eigenvalue weighted by Crippen LogP contribution is -2.28. The smallest absolute Gasteiger partial charge is 0.275 e. The molecule has 0 aliphatic rings. The van der Waals surface area contributed by atoms with E-state index in [1.54, 1.807) is 12.1 Å². The standard InChI is InChI=1S/C12H14ClN3O2/c1-9(5-6-14)15(2)8-10-3-4-11(13)7-12(10)16(17)18/h3-4,7,9H,5,8H2,1-2H3. The van der Waals surface area contributed by atoms with Gasteiger partial charge in [-0.15, -0.1) is 0 Å². The van der Waals surface area contributed by atoms with Crippen molar-refractivity contribution in [3.63, 3.8) is 0 Å². The first-order chi connectivity index (χ1) is 8.45. The average Bonchev–Trinajstić information content (AvgIpc) is 2.31. The first-order valence-corrected chi connectivity index (χ1v) is 5.83. The Bertz CT molecular complexity index is 485. The zero-order valence-electron chi connectivity index (χ0n) is 10.3. The summed E-state index contributed by atoms with van der Waals surface area (Å²) in [5, 5.41) is 19.9. The third kappa shape index (κ3) is 3.69. The Morgan fingerprint density at radius 1 is 1.61 bits per heavy atom. The fourth-order valence-corrected chi connectivity index (χ4v) is 1.72. The van der Waals surface area contributed by atoms with Gasteiger partial charge in [-0.1, -0.05) is 11.6 Å². The van der Waals surface area contributed by atoms with Crippen LogP contribution in [0.3, 0.4) is 0 Å². The van der Waals surface area contributed by atoms with Crippen molar-refractivity contribution in [2.45, 2.75) is 25.9 Å². The van der Waals surface area contributed by atoms with Crippen LogP contribution < -0.4 is 0 Å². The van der Waals surface area contributed by atoms with Crippen molar-refractivity contribution in [3.8, 4) is 6.07 Å². The molecule has 96 valence electrons. The minimum Gasteiger partial charge on any atom is -0.298 e. The van der Waals surface area contributed by atoms with Crippen molar-refractivity contribution in [2.75, 3.05) is 7.05 Å². The third-order valence-electron chi connectivity index (χ3n) is 2.80. The predicted octanol–water partition coefficient (Wildman–Crippen LogP) is 2.98. The van der Waals surface area contributed by atoms with Gasteiger partial charge >= 0.3 is 0 Å². The van der Waals surface area contributed by atoms with Crippen LogP contribution in [0.2, 0.25) is 5.02 Å². The Morgan fingerprint density at radius 2 is 2.28 bits per heavy atom. The van der Waals surface area contributed by atoms with E-state index in [1.165, 1.54) is 6.07 Å². The van der Waals surface area contributed by atoms with Gasteiger partial charge in [0.2, 0.25) is 0 Å². The van der Waals surface area contributed by atoms with E-state index >= 15 is 0 Å². The number of nitro benzene ring substituents is 1. The summed E-state index contributed by atoms with van der Waals surface area (Å²) in [7, 11) is 1.83. The molecule has 18 heavy (non-hydrogen) atoms.